The minimum atomic E-state index is -0.443. The summed E-state index contributed by atoms with van der Waals surface area (Å²) in [6.07, 6.45) is -0.283. The maximum absolute atomic E-state index is 11.5. The summed E-state index contributed by atoms with van der Waals surface area (Å²) < 4.78 is 5.21. The van der Waals surface area contributed by atoms with Gasteiger partial charge in [-0.2, -0.15) is 0 Å². The van der Waals surface area contributed by atoms with Crippen molar-refractivity contribution in [1.29, 1.82) is 0 Å². The number of ether oxygens (including phenoxy) is 1. The molecule has 0 aromatic heterocycles. The predicted octanol–water partition coefficient (Wildman–Crippen LogP) is 1.23. The van der Waals surface area contributed by atoms with Gasteiger partial charge < -0.3 is 14.7 Å². The van der Waals surface area contributed by atoms with E-state index < -0.39 is 5.60 Å². The zero-order valence-corrected chi connectivity index (χ0v) is 9.28. The molecule has 0 saturated carbocycles. The third-order valence-electron chi connectivity index (χ3n) is 2.47. The van der Waals surface area contributed by atoms with Crippen LogP contribution in [0.15, 0.2) is 0 Å². The Hall–Kier alpha value is -0.770. The standard InChI is InChI=1S/C10H19NO3/c1-7-8(6-12)5-11(7)9(13)14-10(2,3)4/h7-8,12H,5-6H2,1-4H3. The van der Waals surface area contributed by atoms with Crippen molar-refractivity contribution in [1.82, 2.24) is 4.90 Å². The van der Waals surface area contributed by atoms with E-state index in [9.17, 15) is 4.79 Å². The van der Waals surface area contributed by atoms with E-state index in [4.69, 9.17) is 9.84 Å². The van der Waals surface area contributed by atoms with Crippen LogP contribution in [0.25, 0.3) is 0 Å². The summed E-state index contributed by atoms with van der Waals surface area (Å²) in [6.45, 7) is 8.21. The van der Waals surface area contributed by atoms with Gasteiger partial charge >= 0.3 is 6.09 Å². The summed E-state index contributed by atoms with van der Waals surface area (Å²) in [7, 11) is 0. The topological polar surface area (TPSA) is 49.8 Å². The number of hydrogen-bond donors (Lipinski definition) is 1. The Balaban J connectivity index is 2.42. The van der Waals surface area contributed by atoms with E-state index in [2.05, 4.69) is 0 Å². The van der Waals surface area contributed by atoms with Crippen LogP contribution in [0.1, 0.15) is 27.7 Å². The Morgan fingerprint density at radius 2 is 2.14 bits per heavy atom. The van der Waals surface area contributed by atoms with Crippen molar-refractivity contribution in [3.63, 3.8) is 0 Å². The first-order valence-electron chi connectivity index (χ1n) is 4.95. The Morgan fingerprint density at radius 3 is 2.50 bits per heavy atom. The molecule has 0 aromatic rings. The summed E-state index contributed by atoms with van der Waals surface area (Å²) in [5.41, 5.74) is -0.443. The molecule has 4 heteroatoms. The van der Waals surface area contributed by atoms with Crippen molar-refractivity contribution >= 4 is 6.09 Å². The number of aliphatic hydroxyl groups is 1. The number of carbonyl (C=O) groups is 1. The molecule has 1 amide bonds. The molecule has 0 bridgehead atoms. The second-order valence-electron chi connectivity index (χ2n) is 4.82. The van der Waals surface area contributed by atoms with Crippen molar-refractivity contribution in [2.75, 3.05) is 13.2 Å². The second-order valence-corrected chi connectivity index (χ2v) is 4.82. The number of nitrogens with zero attached hydrogens (tertiary/aromatic N) is 1. The van der Waals surface area contributed by atoms with E-state index in [0.717, 1.165) is 0 Å². The minimum absolute atomic E-state index is 0.0925. The smallest absolute Gasteiger partial charge is 0.410 e. The largest absolute Gasteiger partial charge is 0.444 e. The lowest BCUT2D eigenvalue weighted by molar-refractivity contribution is -0.0372. The summed E-state index contributed by atoms with van der Waals surface area (Å²) in [4.78, 5) is 13.2. The minimum Gasteiger partial charge on any atom is -0.444 e. The van der Waals surface area contributed by atoms with Crippen molar-refractivity contribution in [2.45, 2.75) is 39.3 Å². The van der Waals surface area contributed by atoms with Crippen LogP contribution in [0.5, 0.6) is 0 Å². The van der Waals surface area contributed by atoms with Gasteiger partial charge in [-0.1, -0.05) is 0 Å². The van der Waals surface area contributed by atoms with E-state index >= 15 is 0 Å². The van der Waals surface area contributed by atoms with Crippen LogP contribution in [0.3, 0.4) is 0 Å². The second kappa shape index (κ2) is 3.77. The summed E-state index contributed by atoms with van der Waals surface area (Å²) in [6, 6.07) is 0.0925. The van der Waals surface area contributed by atoms with Crippen LogP contribution in [-0.4, -0.2) is 40.9 Å². The van der Waals surface area contributed by atoms with Crippen molar-refractivity contribution < 1.29 is 14.6 Å². The van der Waals surface area contributed by atoms with Gasteiger partial charge in [-0.15, -0.1) is 0 Å². The first-order chi connectivity index (χ1) is 6.35. The van der Waals surface area contributed by atoms with E-state index in [1.165, 1.54) is 0 Å². The highest BCUT2D eigenvalue weighted by molar-refractivity contribution is 5.69. The molecule has 2 atom stereocenters. The maximum atomic E-state index is 11.5. The Bertz CT molecular complexity index is 222. The molecule has 4 nitrogen and oxygen atoms in total. The third-order valence-corrected chi connectivity index (χ3v) is 2.47. The molecule has 82 valence electrons. The average molecular weight is 201 g/mol. The van der Waals surface area contributed by atoms with Gasteiger partial charge in [0.2, 0.25) is 0 Å². The Kier molecular flexibility index (Phi) is 3.04. The lowest BCUT2D eigenvalue weighted by Crippen LogP contribution is -2.59. The van der Waals surface area contributed by atoms with Gasteiger partial charge in [-0.25, -0.2) is 4.79 Å². The molecule has 1 fully saturated rings. The number of likely N-dealkylation sites (tertiary alicyclic amines) is 1. The van der Waals surface area contributed by atoms with Gasteiger partial charge in [0.15, 0.2) is 0 Å². The van der Waals surface area contributed by atoms with E-state index in [-0.39, 0.29) is 24.7 Å². The van der Waals surface area contributed by atoms with E-state index in [0.29, 0.717) is 6.54 Å². The average Bonchev–Trinajstić information content (AvgIpc) is 1.99. The molecule has 1 saturated heterocycles. The first-order valence-corrected chi connectivity index (χ1v) is 4.95. The molecule has 0 aliphatic carbocycles. The molecule has 14 heavy (non-hydrogen) atoms. The molecule has 1 rings (SSSR count). The summed E-state index contributed by atoms with van der Waals surface area (Å²) in [5, 5.41) is 8.91. The van der Waals surface area contributed by atoms with Gasteiger partial charge in [0.25, 0.3) is 0 Å². The monoisotopic (exact) mass is 201 g/mol. The third kappa shape index (κ3) is 2.38. The van der Waals surface area contributed by atoms with E-state index in [1.54, 1.807) is 4.90 Å². The lowest BCUT2D eigenvalue weighted by Gasteiger charge is -2.45. The van der Waals surface area contributed by atoms with Crippen LogP contribution < -0.4 is 0 Å². The lowest BCUT2D eigenvalue weighted by atomic mass is 9.91. The fourth-order valence-corrected chi connectivity index (χ4v) is 1.46. The van der Waals surface area contributed by atoms with Crippen LogP contribution in [0.4, 0.5) is 4.79 Å². The fourth-order valence-electron chi connectivity index (χ4n) is 1.46. The molecular weight excluding hydrogens is 182 g/mol. The Labute approximate surface area is 84.8 Å². The zero-order chi connectivity index (χ0) is 10.9. The number of aliphatic hydroxyl groups excluding tert-OH is 1. The highest BCUT2D eigenvalue weighted by atomic mass is 16.6. The molecule has 0 radical (unpaired) electrons. The Morgan fingerprint density at radius 1 is 1.57 bits per heavy atom. The number of amides is 1. The van der Waals surface area contributed by atoms with Crippen molar-refractivity contribution in [2.24, 2.45) is 5.92 Å². The van der Waals surface area contributed by atoms with Crippen LogP contribution in [-0.2, 0) is 4.74 Å². The van der Waals surface area contributed by atoms with Crippen LogP contribution in [0, 0.1) is 5.92 Å². The SMILES string of the molecule is CC1C(CO)CN1C(=O)OC(C)(C)C. The van der Waals surface area contributed by atoms with Gasteiger partial charge in [0.05, 0.1) is 0 Å². The molecule has 2 unspecified atom stereocenters. The number of carbonyl (C=O) groups excluding carboxylic acids is 1. The molecule has 1 heterocycles. The molecule has 1 aliphatic heterocycles. The maximum Gasteiger partial charge on any atom is 0.410 e. The highest BCUT2D eigenvalue weighted by Gasteiger charge is 2.40. The molecule has 1 aliphatic rings. The van der Waals surface area contributed by atoms with Gasteiger partial charge in [0.1, 0.15) is 5.60 Å². The molecule has 0 spiro atoms. The molecule has 0 aromatic carbocycles. The zero-order valence-electron chi connectivity index (χ0n) is 9.28. The summed E-state index contributed by atoms with van der Waals surface area (Å²) in [5.74, 6) is 0.211. The van der Waals surface area contributed by atoms with Crippen LogP contribution >= 0.6 is 0 Å². The van der Waals surface area contributed by atoms with Crippen LogP contribution in [0.2, 0.25) is 0 Å². The van der Waals surface area contributed by atoms with Gasteiger partial charge in [-0.3, -0.25) is 0 Å². The molecular formula is C10H19NO3. The highest BCUT2D eigenvalue weighted by Crippen LogP contribution is 2.25. The first kappa shape index (κ1) is 11.3. The quantitative estimate of drug-likeness (QED) is 0.694. The number of hydrogen-bond acceptors (Lipinski definition) is 3. The van der Waals surface area contributed by atoms with Gasteiger partial charge in [-0.05, 0) is 27.7 Å². The molecule has 1 N–H and O–H groups in total. The van der Waals surface area contributed by atoms with Crippen molar-refractivity contribution in [3.8, 4) is 0 Å². The fraction of sp³-hybridized carbons (Fsp3) is 0.900. The number of rotatable bonds is 1. The predicted molar refractivity (Wildman–Crippen MR) is 53.0 cm³/mol. The van der Waals surface area contributed by atoms with E-state index in [1.807, 2.05) is 27.7 Å². The van der Waals surface area contributed by atoms with Gasteiger partial charge in [0, 0.05) is 25.1 Å². The van der Waals surface area contributed by atoms with Crippen molar-refractivity contribution in [3.05, 3.63) is 0 Å². The summed E-state index contributed by atoms with van der Waals surface area (Å²) >= 11 is 0. The normalized spacial score (nSPS) is 27.1.